The average Bonchev–Trinajstić information content (AvgIpc) is 3.56. The van der Waals surface area contributed by atoms with Crippen molar-refractivity contribution in [2.45, 2.75) is 56.8 Å². The highest BCUT2D eigenvalue weighted by Gasteiger charge is 2.47. The Labute approximate surface area is 242 Å². The topological polar surface area (TPSA) is 119 Å². The van der Waals surface area contributed by atoms with Gasteiger partial charge < -0.3 is 15.3 Å². The first-order chi connectivity index (χ1) is 19.8. The maximum absolute atomic E-state index is 13.2. The zero-order valence-corrected chi connectivity index (χ0v) is 24.0. The van der Waals surface area contributed by atoms with E-state index in [2.05, 4.69) is 10.3 Å². The number of rotatable bonds is 7. The van der Waals surface area contributed by atoms with Gasteiger partial charge in [-0.05, 0) is 74.4 Å². The predicted octanol–water partition coefficient (Wildman–Crippen LogP) is 2.89. The van der Waals surface area contributed by atoms with Gasteiger partial charge in [0, 0.05) is 30.8 Å². The summed E-state index contributed by atoms with van der Waals surface area (Å²) in [4.78, 5) is 31.9. The first-order valence-electron chi connectivity index (χ1n) is 13.9. The smallest absolute Gasteiger partial charge is 0.394 e. The number of aliphatic imine (C=N–C) groups is 1. The first kappa shape index (κ1) is 30.2. The molecule has 5 rings (SSSR count). The van der Waals surface area contributed by atoms with Gasteiger partial charge in [0.25, 0.3) is 11.8 Å². The molecule has 3 aliphatic rings. The number of hydrogen-bond donors (Lipinski definition) is 2. The van der Waals surface area contributed by atoms with Crippen molar-refractivity contribution in [1.82, 2.24) is 14.5 Å². The number of nitrogens with zero attached hydrogens (tertiary/aromatic N) is 3. The lowest BCUT2D eigenvalue weighted by atomic mass is 9.89. The van der Waals surface area contributed by atoms with E-state index >= 15 is 0 Å². The van der Waals surface area contributed by atoms with E-state index < -0.39 is 33.2 Å². The second-order valence-corrected chi connectivity index (χ2v) is 13.2. The number of aliphatic hydroxyl groups is 1. The summed E-state index contributed by atoms with van der Waals surface area (Å²) >= 11 is 0. The monoisotopic (exact) mass is 606 g/mol. The van der Waals surface area contributed by atoms with Crippen molar-refractivity contribution in [3.8, 4) is 0 Å². The molecule has 226 valence electrons. The second kappa shape index (κ2) is 11.4. The molecule has 9 nitrogen and oxygen atoms in total. The number of alkyl halides is 3. The molecule has 1 unspecified atom stereocenters. The number of hydrogen-bond acceptors (Lipinski definition) is 6. The van der Waals surface area contributed by atoms with E-state index in [1.165, 1.54) is 16.4 Å². The first-order valence-corrected chi connectivity index (χ1v) is 15.5. The predicted molar refractivity (Wildman–Crippen MR) is 149 cm³/mol. The molecule has 2 aromatic rings. The second-order valence-electron chi connectivity index (χ2n) is 11.1. The molecule has 0 radical (unpaired) electrons. The summed E-state index contributed by atoms with van der Waals surface area (Å²) in [5.74, 6) is -0.698. The van der Waals surface area contributed by atoms with E-state index in [0.29, 0.717) is 12.1 Å². The molecule has 1 spiro atoms. The third kappa shape index (κ3) is 5.95. The number of benzene rings is 2. The van der Waals surface area contributed by atoms with Gasteiger partial charge in [-0.1, -0.05) is 18.2 Å². The lowest BCUT2D eigenvalue weighted by Crippen LogP contribution is -2.50. The Morgan fingerprint density at radius 2 is 1.88 bits per heavy atom. The van der Waals surface area contributed by atoms with E-state index in [1.54, 1.807) is 23.1 Å². The van der Waals surface area contributed by atoms with Gasteiger partial charge in [0.05, 0.1) is 24.0 Å². The van der Waals surface area contributed by atoms with E-state index in [9.17, 15) is 36.3 Å². The molecule has 13 heteroatoms. The number of likely N-dealkylation sites (tertiary alicyclic amines) is 1. The number of halogens is 3. The number of sulfonamides is 1. The lowest BCUT2D eigenvalue weighted by Gasteiger charge is -2.34. The standard InChI is InChI=1S/C29H33F3N4O5S/c1-19-16-22(26(38)36-12-3-6-24(36)18-37)8-7-20(19)9-15-42(40,41)35-13-10-28(11-14-35)27(39)33-25(34-28)21-4-2-5-23(17-21)29(30,31)32/h2,4-5,7-8,16-17,24,37H,3,6,9-15,18H2,1H3,(H,33,34,39). The van der Waals surface area contributed by atoms with Crippen LogP contribution < -0.4 is 5.32 Å². The van der Waals surface area contributed by atoms with Gasteiger partial charge >= 0.3 is 6.18 Å². The minimum absolute atomic E-state index is 0.0522. The highest BCUT2D eigenvalue weighted by atomic mass is 32.2. The molecule has 0 aliphatic carbocycles. The Hall–Kier alpha value is -3.29. The zero-order valence-electron chi connectivity index (χ0n) is 23.2. The van der Waals surface area contributed by atoms with Crippen molar-refractivity contribution in [3.05, 3.63) is 70.3 Å². The fourth-order valence-corrected chi connectivity index (χ4v) is 7.38. The van der Waals surface area contributed by atoms with Gasteiger partial charge in [-0.25, -0.2) is 12.7 Å². The maximum atomic E-state index is 13.2. The van der Waals surface area contributed by atoms with Crippen LogP contribution >= 0.6 is 0 Å². The number of aliphatic hydroxyl groups excluding tert-OH is 1. The third-order valence-corrected chi connectivity index (χ3v) is 10.3. The highest BCUT2D eigenvalue weighted by Crippen LogP contribution is 2.34. The normalized spacial score (nSPS) is 21.1. The van der Waals surface area contributed by atoms with E-state index in [-0.39, 0.29) is 68.1 Å². The summed E-state index contributed by atoms with van der Waals surface area (Å²) in [6.07, 6.45) is -2.46. The van der Waals surface area contributed by atoms with Crippen LogP contribution in [0.3, 0.4) is 0 Å². The van der Waals surface area contributed by atoms with E-state index in [1.807, 2.05) is 6.92 Å². The Kier molecular flexibility index (Phi) is 8.20. The summed E-state index contributed by atoms with van der Waals surface area (Å²) in [7, 11) is -3.67. The number of nitrogens with one attached hydrogen (secondary N) is 1. The largest absolute Gasteiger partial charge is 0.416 e. The molecular weight excluding hydrogens is 573 g/mol. The van der Waals surface area contributed by atoms with Crippen LogP contribution in [0.15, 0.2) is 47.5 Å². The van der Waals surface area contributed by atoms with Crippen LogP contribution in [0, 0.1) is 6.92 Å². The molecule has 0 aromatic heterocycles. The minimum atomic E-state index is -4.54. The lowest BCUT2D eigenvalue weighted by molar-refractivity contribution is -0.137. The van der Waals surface area contributed by atoms with Crippen LogP contribution in [0.2, 0.25) is 0 Å². The number of carbonyl (C=O) groups is 2. The highest BCUT2D eigenvalue weighted by molar-refractivity contribution is 7.89. The van der Waals surface area contributed by atoms with Gasteiger partial charge in [0.2, 0.25) is 10.0 Å². The molecule has 3 aliphatic heterocycles. The van der Waals surface area contributed by atoms with Crippen molar-refractivity contribution >= 4 is 27.7 Å². The average molecular weight is 607 g/mol. The summed E-state index contributed by atoms with van der Waals surface area (Å²) in [6.45, 7) is 2.47. The van der Waals surface area contributed by atoms with Crippen molar-refractivity contribution in [3.63, 3.8) is 0 Å². The number of amidine groups is 1. The maximum Gasteiger partial charge on any atom is 0.416 e. The van der Waals surface area contributed by atoms with Crippen LogP contribution in [0.1, 0.15) is 58.3 Å². The van der Waals surface area contributed by atoms with Crippen LogP contribution in [0.5, 0.6) is 0 Å². The van der Waals surface area contributed by atoms with Crippen molar-refractivity contribution in [2.75, 3.05) is 32.0 Å². The molecule has 0 bridgehead atoms. The quantitative estimate of drug-likeness (QED) is 0.503. The molecule has 0 saturated carbocycles. The Bertz CT molecular complexity index is 1520. The van der Waals surface area contributed by atoms with Crippen molar-refractivity contribution in [2.24, 2.45) is 4.99 Å². The molecule has 2 N–H and O–H groups in total. The summed E-state index contributed by atoms with van der Waals surface area (Å²) in [5.41, 5.74) is 0.167. The molecule has 2 amide bonds. The van der Waals surface area contributed by atoms with Gasteiger partial charge in [-0.3, -0.25) is 14.6 Å². The molecular formula is C29H33F3N4O5S. The van der Waals surface area contributed by atoms with Crippen molar-refractivity contribution in [1.29, 1.82) is 0 Å². The Morgan fingerprint density at radius 3 is 2.55 bits per heavy atom. The third-order valence-electron chi connectivity index (χ3n) is 8.45. The molecule has 2 fully saturated rings. The van der Waals surface area contributed by atoms with Gasteiger partial charge in [-0.15, -0.1) is 0 Å². The molecule has 2 saturated heterocycles. The fourth-order valence-electron chi connectivity index (χ4n) is 5.91. The molecule has 3 heterocycles. The number of aryl methyl sites for hydroxylation is 2. The van der Waals surface area contributed by atoms with Gasteiger partial charge in [0.15, 0.2) is 0 Å². The Balaban J connectivity index is 1.21. The van der Waals surface area contributed by atoms with Crippen LogP contribution in [-0.4, -0.2) is 84.0 Å². The summed E-state index contributed by atoms with van der Waals surface area (Å²) in [5, 5.41) is 12.1. The fraction of sp³-hybridized carbons (Fsp3) is 0.483. The molecule has 2 aromatic carbocycles. The van der Waals surface area contributed by atoms with Crippen molar-refractivity contribution < 1.29 is 36.3 Å². The number of carbonyl (C=O) groups excluding carboxylic acids is 2. The van der Waals surface area contributed by atoms with Gasteiger partial charge in [0.1, 0.15) is 11.4 Å². The van der Waals surface area contributed by atoms with E-state index in [0.717, 1.165) is 36.1 Å². The Morgan fingerprint density at radius 1 is 1.14 bits per heavy atom. The summed E-state index contributed by atoms with van der Waals surface area (Å²) < 4.78 is 67.2. The number of amides is 2. The van der Waals surface area contributed by atoms with Crippen LogP contribution in [0.4, 0.5) is 13.2 Å². The van der Waals surface area contributed by atoms with E-state index in [4.69, 9.17) is 0 Å². The number of piperidine rings is 1. The van der Waals surface area contributed by atoms with Crippen LogP contribution in [-0.2, 0) is 27.4 Å². The van der Waals surface area contributed by atoms with Crippen LogP contribution in [0.25, 0.3) is 0 Å². The SMILES string of the molecule is Cc1cc(C(=O)N2CCCC2CO)ccc1CCS(=O)(=O)N1CCC2(CC1)N=C(c1cccc(C(F)(F)F)c1)NC2=O. The molecule has 1 atom stereocenters. The molecule has 42 heavy (non-hydrogen) atoms. The summed E-state index contributed by atoms with van der Waals surface area (Å²) in [6, 6.07) is 9.58. The zero-order chi connectivity index (χ0) is 30.3. The van der Waals surface area contributed by atoms with Gasteiger partial charge in [-0.2, -0.15) is 13.2 Å². The minimum Gasteiger partial charge on any atom is -0.394 e.